The Balaban J connectivity index is 1.30. The number of fused-ring (bicyclic) bond motifs is 3. The van der Waals surface area contributed by atoms with Gasteiger partial charge in [-0.2, -0.15) is 0 Å². The van der Waals surface area contributed by atoms with E-state index in [0.717, 1.165) is 27.8 Å². The number of nitrogens with one attached hydrogen (secondary N) is 1. The first kappa shape index (κ1) is 51.2. The quantitative estimate of drug-likeness (QED) is 0.120. The molecule has 1 fully saturated rings. The first-order valence-electron chi connectivity index (χ1n) is 22.9. The van der Waals surface area contributed by atoms with E-state index in [1.165, 1.54) is 14.2 Å². The number of cyclic esters (lactones) is 1. The normalized spacial score (nSPS) is 32.1. The number of alkyl carbamates (subject to hydrolysis) is 1. The van der Waals surface area contributed by atoms with Crippen molar-refractivity contribution in [2.45, 2.75) is 123 Å². The van der Waals surface area contributed by atoms with Gasteiger partial charge in [0.05, 0.1) is 25.4 Å². The van der Waals surface area contributed by atoms with Crippen LogP contribution in [0.4, 0.5) is 4.79 Å². The lowest BCUT2D eigenvalue weighted by atomic mass is 9.76. The second-order valence-electron chi connectivity index (χ2n) is 18.7. The molecular formula is C52H71NO12. The van der Waals surface area contributed by atoms with Crippen molar-refractivity contribution in [1.82, 2.24) is 5.32 Å². The third kappa shape index (κ3) is 12.4. The number of allylic oxidation sites excluding steroid dienone is 5. The van der Waals surface area contributed by atoms with Crippen LogP contribution in [0.2, 0.25) is 0 Å². The number of ether oxygens (including phenoxy) is 6. The molecule has 13 nitrogen and oxygen atoms in total. The Bertz CT molecular complexity index is 2050. The number of esters is 2. The lowest BCUT2D eigenvalue weighted by molar-refractivity contribution is -0.329. The number of amides is 1. The van der Waals surface area contributed by atoms with E-state index in [1.807, 2.05) is 109 Å². The standard InChI is InChI=1S/C52H71NO12/c1-29(2)48-34(7)44(63-45(54)27-53-51(58)62-28-41-39-20-14-12-18-37(39)38-19-13-15-21-40(38)41)26-52(59,65-48)36(9)47(56)35(8)49-42(60-10)22-16-17-30(3)23-32(5)46(55)33(6)24-31(4)25-43(61-11)50(57)64-49/h12-22,24-25,29,32-36,41-42,44,46-49,55-56,59H,23,26-28H2,1-11H3,(H,53,58)/b22-16+,30-17+,31-24+,43-25-/t32-,33+,34-,35-,36-,42-,44+,46-,47+,48+,49+,52+/m0/s1. The lowest BCUT2D eigenvalue weighted by Crippen LogP contribution is -2.60. The highest BCUT2D eigenvalue weighted by molar-refractivity contribution is 5.87. The number of aliphatic hydroxyl groups excluding tert-OH is 2. The van der Waals surface area contributed by atoms with Gasteiger partial charge in [0.2, 0.25) is 5.76 Å². The summed E-state index contributed by atoms with van der Waals surface area (Å²) in [5, 5.41) is 38.1. The molecule has 0 radical (unpaired) electrons. The minimum Gasteiger partial charge on any atom is -0.490 e. The van der Waals surface area contributed by atoms with Crippen molar-refractivity contribution in [2.24, 2.45) is 35.5 Å². The molecule has 5 rings (SSSR count). The SMILES string of the molecule is CO/C1=C\C(C)=C\[C@@H](C)[C@@H](O)[C@@H](C)C/C(C)=C/C=C/[C@H](OC)[C@@H]([C@@H](C)[C@@H](O)[C@H](C)[C@@]2(O)C[C@@H](OC(=O)CNC(=O)OCC3c4ccccc4-c4ccccc43)[C@H](C)[C@@H](C(C)C)O2)OC1=O. The van der Waals surface area contributed by atoms with Gasteiger partial charge in [-0.3, -0.25) is 4.79 Å². The summed E-state index contributed by atoms with van der Waals surface area (Å²) in [6, 6.07) is 16.0. The van der Waals surface area contributed by atoms with Crippen molar-refractivity contribution in [1.29, 1.82) is 0 Å². The first-order valence-corrected chi connectivity index (χ1v) is 22.9. The predicted octanol–water partition coefficient (Wildman–Crippen LogP) is 7.78. The van der Waals surface area contributed by atoms with E-state index >= 15 is 0 Å². The van der Waals surface area contributed by atoms with Crippen LogP contribution in [0.3, 0.4) is 0 Å². The van der Waals surface area contributed by atoms with Crippen molar-refractivity contribution in [3.63, 3.8) is 0 Å². The fourth-order valence-corrected chi connectivity index (χ4v) is 9.67. The minimum absolute atomic E-state index is 0.0508. The number of benzene rings is 2. The van der Waals surface area contributed by atoms with E-state index in [0.29, 0.717) is 12.0 Å². The van der Waals surface area contributed by atoms with Gasteiger partial charge in [-0.15, -0.1) is 0 Å². The smallest absolute Gasteiger partial charge is 0.407 e. The lowest BCUT2D eigenvalue weighted by Gasteiger charge is -2.50. The van der Waals surface area contributed by atoms with Gasteiger partial charge >= 0.3 is 18.0 Å². The fraction of sp³-hybridized carbons (Fsp3) is 0.558. The summed E-state index contributed by atoms with van der Waals surface area (Å²) in [6.45, 7) is 16.4. The number of rotatable bonds is 12. The maximum atomic E-state index is 13.8. The fourth-order valence-electron chi connectivity index (χ4n) is 9.67. The zero-order valence-electron chi connectivity index (χ0n) is 39.9. The van der Waals surface area contributed by atoms with Gasteiger partial charge in [0.15, 0.2) is 5.79 Å². The van der Waals surface area contributed by atoms with Crippen LogP contribution in [0, 0.1) is 35.5 Å². The number of carbonyl (C=O) groups excluding carboxylic acids is 3. The molecule has 0 unspecified atom stereocenters. The van der Waals surface area contributed by atoms with Crippen LogP contribution in [-0.2, 0) is 38.0 Å². The van der Waals surface area contributed by atoms with E-state index in [2.05, 4.69) is 5.32 Å². The molecule has 2 heterocycles. The largest absolute Gasteiger partial charge is 0.490 e. The molecule has 4 N–H and O–H groups in total. The third-order valence-corrected chi connectivity index (χ3v) is 13.5. The van der Waals surface area contributed by atoms with Gasteiger partial charge in [0, 0.05) is 43.1 Å². The zero-order valence-corrected chi connectivity index (χ0v) is 39.9. The molecule has 1 saturated heterocycles. The van der Waals surface area contributed by atoms with Crippen LogP contribution in [0.5, 0.6) is 0 Å². The maximum absolute atomic E-state index is 13.8. The van der Waals surface area contributed by atoms with Gasteiger partial charge in [0.1, 0.15) is 31.5 Å². The number of carbonyl (C=O) groups is 3. The maximum Gasteiger partial charge on any atom is 0.407 e. The van der Waals surface area contributed by atoms with E-state index in [4.69, 9.17) is 28.4 Å². The van der Waals surface area contributed by atoms with Crippen LogP contribution < -0.4 is 5.32 Å². The Morgan fingerprint density at radius 2 is 1.58 bits per heavy atom. The molecule has 2 aliphatic heterocycles. The molecule has 0 aromatic heterocycles. The van der Waals surface area contributed by atoms with Crippen molar-refractivity contribution in [3.05, 3.63) is 107 Å². The van der Waals surface area contributed by atoms with Crippen molar-refractivity contribution < 1.29 is 58.1 Å². The van der Waals surface area contributed by atoms with Crippen LogP contribution in [0.25, 0.3) is 11.1 Å². The summed E-state index contributed by atoms with van der Waals surface area (Å²) in [5.41, 5.74) is 6.03. The molecule has 12 atom stereocenters. The van der Waals surface area contributed by atoms with E-state index < -0.39 is 78.8 Å². The zero-order chi connectivity index (χ0) is 47.7. The first-order chi connectivity index (χ1) is 30.8. The number of hydrogen-bond donors (Lipinski definition) is 4. The minimum atomic E-state index is -2.00. The Morgan fingerprint density at radius 3 is 2.18 bits per heavy atom. The molecule has 0 bridgehead atoms. The monoisotopic (exact) mass is 901 g/mol. The van der Waals surface area contributed by atoms with Gasteiger partial charge < -0.3 is 49.1 Å². The van der Waals surface area contributed by atoms with Gasteiger partial charge in [-0.25, -0.2) is 9.59 Å². The summed E-state index contributed by atoms with van der Waals surface area (Å²) in [7, 11) is 2.83. The van der Waals surface area contributed by atoms with E-state index in [-0.39, 0.29) is 48.4 Å². The molecule has 0 spiro atoms. The van der Waals surface area contributed by atoms with Crippen molar-refractivity contribution in [2.75, 3.05) is 27.4 Å². The Kier molecular flexibility index (Phi) is 17.8. The summed E-state index contributed by atoms with van der Waals surface area (Å²) < 4.78 is 35.5. The number of aliphatic hydroxyl groups is 3. The van der Waals surface area contributed by atoms with Gasteiger partial charge in [-0.1, -0.05) is 132 Å². The average Bonchev–Trinajstić information content (AvgIpc) is 3.60. The summed E-state index contributed by atoms with van der Waals surface area (Å²) in [4.78, 5) is 40.1. The van der Waals surface area contributed by atoms with E-state index in [1.54, 1.807) is 32.1 Å². The van der Waals surface area contributed by atoms with Crippen LogP contribution >= 0.6 is 0 Å². The van der Waals surface area contributed by atoms with Gasteiger partial charge in [0.25, 0.3) is 0 Å². The highest BCUT2D eigenvalue weighted by Gasteiger charge is 2.53. The molecule has 356 valence electrons. The highest BCUT2D eigenvalue weighted by atomic mass is 16.6. The van der Waals surface area contributed by atoms with Crippen molar-refractivity contribution >= 4 is 18.0 Å². The number of hydrogen-bond acceptors (Lipinski definition) is 12. The summed E-state index contributed by atoms with van der Waals surface area (Å²) >= 11 is 0. The third-order valence-electron chi connectivity index (χ3n) is 13.5. The highest BCUT2D eigenvalue weighted by Crippen LogP contribution is 2.45. The Hall–Kier alpha value is -4.79. The Labute approximate surface area is 384 Å². The molecule has 1 aliphatic carbocycles. The van der Waals surface area contributed by atoms with Crippen LogP contribution in [0.1, 0.15) is 92.2 Å². The molecule has 65 heavy (non-hydrogen) atoms. The second-order valence-corrected chi connectivity index (χ2v) is 18.7. The molecule has 0 saturated carbocycles. The molecule has 2 aromatic rings. The summed E-state index contributed by atoms with van der Waals surface area (Å²) in [5.74, 6) is -6.39. The van der Waals surface area contributed by atoms with Crippen LogP contribution in [-0.4, -0.2) is 103 Å². The van der Waals surface area contributed by atoms with Crippen molar-refractivity contribution in [3.8, 4) is 11.1 Å². The molecule has 3 aliphatic rings. The van der Waals surface area contributed by atoms with E-state index in [9.17, 15) is 29.7 Å². The molecule has 1 amide bonds. The number of methoxy groups -OCH3 is 2. The second kappa shape index (κ2) is 22.6. The average molecular weight is 902 g/mol. The summed E-state index contributed by atoms with van der Waals surface area (Å²) in [6.07, 6.45) is 3.20. The van der Waals surface area contributed by atoms with Crippen LogP contribution in [0.15, 0.2) is 95.8 Å². The topological polar surface area (TPSA) is 179 Å². The molecular weight excluding hydrogens is 831 g/mol. The van der Waals surface area contributed by atoms with Gasteiger partial charge in [-0.05, 0) is 60.4 Å². The Morgan fingerprint density at radius 1 is 0.954 bits per heavy atom. The molecule has 2 aromatic carbocycles. The predicted molar refractivity (Wildman–Crippen MR) is 247 cm³/mol. The molecule has 13 heteroatoms.